The third kappa shape index (κ3) is 2.40. The van der Waals surface area contributed by atoms with Gasteiger partial charge in [0.1, 0.15) is 5.76 Å². The third-order valence-corrected chi connectivity index (χ3v) is 3.26. The maximum Gasteiger partial charge on any atom is 0.373 e. The van der Waals surface area contributed by atoms with Crippen molar-refractivity contribution in [1.29, 1.82) is 0 Å². The van der Waals surface area contributed by atoms with Gasteiger partial charge in [0, 0.05) is 13.1 Å². The van der Waals surface area contributed by atoms with Crippen molar-refractivity contribution in [3.63, 3.8) is 0 Å². The highest BCUT2D eigenvalue weighted by Crippen LogP contribution is 2.26. The number of rotatable bonds is 3. The van der Waals surface area contributed by atoms with Crippen LogP contribution < -0.4 is 0 Å². The van der Waals surface area contributed by atoms with E-state index in [2.05, 4.69) is 4.74 Å². The monoisotopic (exact) mass is 255 g/mol. The highest BCUT2D eigenvalue weighted by atomic mass is 16.5. The van der Waals surface area contributed by atoms with Gasteiger partial charge in [0.2, 0.25) is 5.76 Å². The number of aliphatic hydroxyl groups is 2. The number of likely N-dealkylation sites (tertiary alicyclic amines) is 1. The zero-order valence-electron chi connectivity index (χ0n) is 10.4. The molecule has 0 radical (unpaired) electrons. The summed E-state index contributed by atoms with van der Waals surface area (Å²) in [5.74, 6) is 0.242. The molecule has 18 heavy (non-hydrogen) atoms. The standard InChI is InChI=1S/C12H17NO5/c1-7(13-5-8(14)9(15)6-13)10-3-4-11(18-10)12(16)17-2/h3-4,7-9,14-15H,5-6H2,1-2H3. The lowest BCUT2D eigenvalue weighted by atomic mass is 10.2. The largest absolute Gasteiger partial charge is 0.463 e. The molecule has 6 nitrogen and oxygen atoms in total. The molecule has 0 aliphatic carbocycles. The van der Waals surface area contributed by atoms with Gasteiger partial charge in [-0.3, -0.25) is 4.90 Å². The molecule has 1 saturated heterocycles. The molecule has 3 unspecified atom stereocenters. The molecule has 0 amide bonds. The molecule has 1 aliphatic rings. The molecule has 1 aliphatic heterocycles. The summed E-state index contributed by atoms with van der Waals surface area (Å²) in [6.07, 6.45) is -1.47. The second-order valence-electron chi connectivity index (χ2n) is 4.46. The van der Waals surface area contributed by atoms with Crippen LogP contribution in [-0.2, 0) is 4.74 Å². The predicted octanol–water partition coefficient (Wildman–Crippen LogP) is 0.165. The zero-order chi connectivity index (χ0) is 13.3. The van der Waals surface area contributed by atoms with Crippen molar-refractivity contribution in [3.05, 3.63) is 23.7 Å². The minimum absolute atomic E-state index is 0.116. The van der Waals surface area contributed by atoms with E-state index in [1.165, 1.54) is 7.11 Å². The molecule has 2 N–H and O–H groups in total. The van der Waals surface area contributed by atoms with E-state index in [1.807, 2.05) is 11.8 Å². The van der Waals surface area contributed by atoms with Gasteiger partial charge in [-0.1, -0.05) is 0 Å². The first-order valence-corrected chi connectivity index (χ1v) is 5.81. The van der Waals surface area contributed by atoms with E-state index in [0.29, 0.717) is 18.8 Å². The fourth-order valence-corrected chi connectivity index (χ4v) is 2.08. The summed E-state index contributed by atoms with van der Waals surface area (Å²) in [6, 6.07) is 3.14. The Hall–Kier alpha value is -1.37. The summed E-state index contributed by atoms with van der Waals surface area (Å²) < 4.78 is 9.96. The normalized spacial score (nSPS) is 26.2. The summed E-state index contributed by atoms with van der Waals surface area (Å²) in [5.41, 5.74) is 0. The Balaban J connectivity index is 2.07. The minimum atomic E-state index is -0.734. The van der Waals surface area contributed by atoms with Crippen LogP contribution in [0.3, 0.4) is 0 Å². The van der Waals surface area contributed by atoms with Gasteiger partial charge >= 0.3 is 5.97 Å². The minimum Gasteiger partial charge on any atom is -0.463 e. The number of carbonyl (C=O) groups is 1. The molecule has 0 aromatic carbocycles. The average Bonchev–Trinajstić information content (AvgIpc) is 2.96. The van der Waals surface area contributed by atoms with Crippen LogP contribution in [0.1, 0.15) is 29.3 Å². The van der Waals surface area contributed by atoms with Gasteiger partial charge in [0.05, 0.1) is 25.4 Å². The Morgan fingerprint density at radius 3 is 2.61 bits per heavy atom. The van der Waals surface area contributed by atoms with E-state index in [9.17, 15) is 15.0 Å². The van der Waals surface area contributed by atoms with Crippen LogP contribution in [0.2, 0.25) is 0 Å². The molecule has 1 fully saturated rings. The molecular formula is C12H17NO5. The lowest BCUT2D eigenvalue weighted by Crippen LogP contribution is -2.25. The first-order valence-electron chi connectivity index (χ1n) is 5.81. The Labute approximate surface area is 105 Å². The molecule has 2 rings (SSSR count). The van der Waals surface area contributed by atoms with E-state index in [1.54, 1.807) is 12.1 Å². The van der Waals surface area contributed by atoms with Crippen LogP contribution in [0.25, 0.3) is 0 Å². The Bertz CT molecular complexity index is 420. The SMILES string of the molecule is COC(=O)c1ccc(C(C)N2CC(O)C(O)C2)o1. The van der Waals surface area contributed by atoms with Gasteiger partial charge in [0.15, 0.2) is 0 Å². The van der Waals surface area contributed by atoms with Crippen molar-refractivity contribution in [2.45, 2.75) is 25.2 Å². The fraction of sp³-hybridized carbons (Fsp3) is 0.583. The molecule has 0 spiro atoms. The van der Waals surface area contributed by atoms with E-state index in [4.69, 9.17) is 4.42 Å². The number of esters is 1. The summed E-state index contributed by atoms with van der Waals surface area (Å²) in [5, 5.41) is 19.0. The van der Waals surface area contributed by atoms with Crippen LogP contribution in [-0.4, -0.2) is 53.5 Å². The van der Waals surface area contributed by atoms with Crippen molar-refractivity contribution in [1.82, 2.24) is 4.90 Å². The molecular weight excluding hydrogens is 238 g/mol. The number of nitrogens with zero attached hydrogens (tertiary/aromatic N) is 1. The van der Waals surface area contributed by atoms with Crippen molar-refractivity contribution >= 4 is 5.97 Å². The molecule has 3 atom stereocenters. The highest BCUT2D eigenvalue weighted by Gasteiger charge is 2.33. The predicted molar refractivity (Wildman–Crippen MR) is 62.0 cm³/mol. The topological polar surface area (TPSA) is 83.1 Å². The number of hydrogen-bond donors (Lipinski definition) is 2. The van der Waals surface area contributed by atoms with E-state index >= 15 is 0 Å². The number of carbonyl (C=O) groups excluding carboxylic acids is 1. The Kier molecular flexibility index (Phi) is 3.70. The Morgan fingerprint density at radius 2 is 2.06 bits per heavy atom. The second kappa shape index (κ2) is 5.09. The van der Waals surface area contributed by atoms with E-state index < -0.39 is 18.2 Å². The zero-order valence-corrected chi connectivity index (χ0v) is 10.4. The average molecular weight is 255 g/mol. The van der Waals surface area contributed by atoms with Gasteiger partial charge in [0.25, 0.3) is 0 Å². The molecule has 6 heteroatoms. The number of ether oxygens (including phenoxy) is 1. The summed E-state index contributed by atoms with van der Waals surface area (Å²) in [4.78, 5) is 13.2. The molecule has 100 valence electrons. The van der Waals surface area contributed by atoms with Crippen molar-refractivity contribution in [2.75, 3.05) is 20.2 Å². The van der Waals surface area contributed by atoms with Crippen LogP contribution in [0.5, 0.6) is 0 Å². The number of hydrogen-bond acceptors (Lipinski definition) is 6. The van der Waals surface area contributed by atoms with Gasteiger partial charge in [-0.05, 0) is 19.1 Å². The van der Waals surface area contributed by atoms with E-state index in [0.717, 1.165) is 0 Å². The van der Waals surface area contributed by atoms with Crippen LogP contribution in [0, 0.1) is 0 Å². The smallest absolute Gasteiger partial charge is 0.373 e. The maximum absolute atomic E-state index is 11.3. The van der Waals surface area contributed by atoms with Gasteiger partial charge in [-0.25, -0.2) is 4.79 Å². The lowest BCUT2D eigenvalue weighted by molar-refractivity contribution is 0.0559. The number of aliphatic hydroxyl groups excluding tert-OH is 2. The maximum atomic E-state index is 11.3. The van der Waals surface area contributed by atoms with Crippen molar-refractivity contribution in [2.24, 2.45) is 0 Å². The van der Waals surface area contributed by atoms with Crippen molar-refractivity contribution in [3.8, 4) is 0 Å². The molecule has 1 aromatic rings. The Morgan fingerprint density at radius 1 is 1.44 bits per heavy atom. The second-order valence-corrected chi connectivity index (χ2v) is 4.46. The van der Waals surface area contributed by atoms with Crippen molar-refractivity contribution < 1.29 is 24.2 Å². The first kappa shape index (κ1) is 13.1. The number of furan rings is 1. The van der Waals surface area contributed by atoms with Crippen LogP contribution in [0.15, 0.2) is 16.5 Å². The lowest BCUT2D eigenvalue weighted by Gasteiger charge is -2.21. The van der Waals surface area contributed by atoms with Gasteiger partial charge in [-0.15, -0.1) is 0 Å². The summed E-state index contributed by atoms with van der Waals surface area (Å²) in [6.45, 7) is 2.66. The van der Waals surface area contributed by atoms with Gasteiger partial charge < -0.3 is 19.4 Å². The van der Waals surface area contributed by atoms with Crippen LogP contribution in [0.4, 0.5) is 0 Å². The number of β-amino-alcohol motifs (C(OH)–C–C–N with tert-alkyl or cyclic N) is 2. The highest BCUT2D eigenvalue weighted by molar-refractivity contribution is 5.86. The molecule has 2 heterocycles. The number of methoxy groups -OCH3 is 1. The van der Waals surface area contributed by atoms with E-state index in [-0.39, 0.29) is 11.8 Å². The molecule has 0 saturated carbocycles. The third-order valence-electron chi connectivity index (χ3n) is 3.26. The quantitative estimate of drug-likeness (QED) is 0.749. The van der Waals surface area contributed by atoms with Crippen LogP contribution >= 0.6 is 0 Å². The summed E-state index contributed by atoms with van der Waals surface area (Å²) >= 11 is 0. The molecule has 1 aromatic heterocycles. The fourth-order valence-electron chi connectivity index (χ4n) is 2.08. The van der Waals surface area contributed by atoms with Gasteiger partial charge in [-0.2, -0.15) is 0 Å². The molecule has 0 bridgehead atoms. The summed E-state index contributed by atoms with van der Waals surface area (Å²) in [7, 11) is 1.29. The first-order chi connectivity index (χ1) is 8.52.